The van der Waals surface area contributed by atoms with Gasteiger partial charge in [-0.15, -0.1) is 10.2 Å². The summed E-state index contributed by atoms with van der Waals surface area (Å²) < 4.78 is 11.3. The predicted molar refractivity (Wildman–Crippen MR) is 106 cm³/mol. The third kappa shape index (κ3) is 4.44. The number of aromatic nitrogens is 4. The van der Waals surface area contributed by atoms with E-state index in [4.69, 9.17) is 8.83 Å². The van der Waals surface area contributed by atoms with Crippen LogP contribution in [0.3, 0.4) is 0 Å². The minimum absolute atomic E-state index is 0.498. The summed E-state index contributed by atoms with van der Waals surface area (Å²) in [6, 6.07) is 19.3. The fraction of sp³-hybridized carbons (Fsp3) is 0. The van der Waals surface area contributed by atoms with Crippen molar-refractivity contribution in [2.45, 2.75) is 10.4 Å². The minimum Gasteiger partial charge on any atom is -0.411 e. The van der Waals surface area contributed by atoms with Crippen LogP contribution in [0.1, 0.15) is 0 Å². The van der Waals surface area contributed by atoms with Gasteiger partial charge in [-0.2, -0.15) is 0 Å². The van der Waals surface area contributed by atoms with Crippen molar-refractivity contribution < 1.29 is 8.83 Å². The van der Waals surface area contributed by atoms with Gasteiger partial charge in [0.05, 0.1) is 0 Å². The minimum atomic E-state index is 0.498. The quantitative estimate of drug-likeness (QED) is 0.268. The monoisotopic (exact) mass is 418 g/mol. The number of rotatable bonds is 7. The average molecular weight is 419 g/mol. The van der Waals surface area contributed by atoms with Gasteiger partial charge in [0, 0.05) is 32.7 Å². The van der Waals surface area contributed by atoms with E-state index in [0.717, 1.165) is 11.1 Å². The molecule has 0 spiro atoms. The molecule has 0 aliphatic carbocycles. The number of hydrogen-bond acceptors (Lipinski definition) is 10. The van der Waals surface area contributed by atoms with Gasteiger partial charge in [0.1, 0.15) is 0 Å². The molecule has 0 N–H and O–H groups in total. The van der Waals surface area contributed by atoms with Gasteiger partial charge in [-0.25, -0.2) is 0 Å². The zero-order chi connectivity index (χ0) is 17.6. The SMILES string of the molecule is c1ccc(-c2nnc(SSSSc3nnc(-c4ccccc4)o3)o2)cc1. The molecule has 6 nitrogen and oxygen atoms in total. The Morgan fingerprint density at radius 3 is 1.38 bits per heavy atom. The molecule has 0 aliphatic heterocycles. The third-order valence-corrected chi connectivity index (χ3v) is 8.55. The highest BCUT2D eigenvalue weighted by Gasteiger charge is 2.12. The van der Waals surface area contributed by atoms with E-state index in [0.29, 0.717) is 22.2 Å². The van der Waals surface area contributed by atoms with Gasteiger partial charge >= 0.3 is 0 Å². The molecule has 0 atom stereocenters. The van der Waals surface area contributed by atoms with Crippen molar-refractivity contribution in [2.24, 2.45) is 0 Å². The van der Waals surface area contributed by atoms with Crippen LogP contribution >= 0.6 is 41.2 Å². The van der Waals surface area contributed by atoms with Crippen molar-refractivity contribution in [3.05, 3.63) is 60.7 Å². The van der Waals surface area contributed by atoms with E-state index in [2.05, 4.69) is 20.4 Å². The fourth-order valence-electron chi connectivity index (χ4n) is 1.97. The maximum Gasteiger partial charge on any atom is 0.288 e. The molecular formula is C16H10N4O2S4. The lowest BCUT2D eigenvalue weighted by Gasteiger charge is -1.94. The van der Waals surface area contributed by atoms with Gasteiger partial charge < -0.3 is 8.83 Å². The largest absolute Gasteiger partial charge is 0.411 e. The molecule has 2 heterocycles. The van der Waals surface area contributed by atoms with Crippen molar-refractivity contribution in [1.82, 2.24) is 20.4 Å². The number of hydrogen-bond donors (Lipinski definition) is 0. The second-order valence-electron chi connectivity index (χ2n) is 4.78. The second kappa shape index (κ2) is 8.67. The van der Waals surface area contributed by atoms with Crippen molar-refractivity contribution in [2.75, 3.05) is 0 Å². The molecule has 10 heteroatoms. The van der Waals surface area contributed by atoms with Crippen LogP contribution in [0.4, 0.5) is 0 Å². The highest BCUT2D eigenvalue weighted by Crippen LogP contribution is 2.48. The normalized spacial score (nSPS) is 10.9. The molecule has 2 aromatic heterocycles. The summed E-state index contributed by atoms with van der Waals surface area (Å²) in [5.41, 5.74) is 1.80. The first-order chi connectivity index (χ1) is 12.9. The van der Waals surface area contributed by atoms with E-state index >= 15 is 0 Å². The Labute approximate surface area is 164 Å². The molecule has 0 unspecified atom stereocenters. The van der Waals surface area contributed by atoms with Gasteiger partial charge in [0.2, 0.25) is 11.8 Å². The second-order valence-corrected chi connectivity index (χ2v) is 10.4. The van der Waals surface area contributed by atoms with E-state index in [-0.39, 0.29) is 0 Å². The Morgan fingerprint density at radius 1 is 0.538 bits per heavy atom. The first-order valence-corrected chi connectivity index (χ1v) is 12.2. The van der Waals surface area contributed by atoms with Crippen LogP contribution in [-0.2, 0) is 0 Å². The van der Waals surface area contributed by atoms with Crippen LogP contribution in [0.5, 0.6) is 0 Å². The maximum absolute atomic E-state index is 5.63. The van der Waals surface area contributed by atoms with Crippen molar-refractivity contribution in [1.29, 1.82) is 0 Å². The van der Waals surface area contributed by atoms with E-state index in [9.17, 15) is 0 Å². The molecule has 2 aromatic carbocycles. The molecule has 0 amide bonds. The highest BCUT2D eigenvalue weighted by molar-refractivity contribution is 9.26. The number of nitrogens with zero attached hydrogens (tertiary/aromatic N) is 4. The Hall–Kier alpha value is -1.88. The maximum atomic E-state index is 5.63. The summed E-state index contributed by atoms with van der Waals surface area (Å²) in [6.45, 7) is 0. The molecule has 26 heavy (non-hydrogen) atoms. The smallest absolute Gasteiger partial charge is 0.288 e. The van der Waals surface area contributed by atoms with E-state index in [1.54, 1.807) is 0 Å². The van der Waals surface area contributed by atoms with Crippen LogP contribution in [0.15, 0.2) is 79.9 Å². The Bertz CT molecular complexity index is 883. The summed E-state index contributed by atoms with van der Waals surface area (Å²) in [7, 11) is 5.75. The van der Waals surface area contributed by atoms with Crippen molar-refractivity contribution in [3.8, 4) is 22.9 Å². The lowest BCUT2D eigenvalue weighted by Crippen LogP contribution is -1.75. The molecule has 0 aliphatic rings. The molecule has 0 saturated carbocycles. The molecular weight excluding hydrogens is 408 g/mol. The lowest BCUT2D eigenvalue weighted by molar-refractivity contribution is 0.467. The van der Waals surface area contributed by atoms with Gasteiger partial charge in [-0.3, -0.25) is 0 Å². The van der Waals surface area contributed by atoms with Gasteiger partial charge in [0.25, 0.3) is 10.4 Å². The Balaban J connectivity index is 1.27. The Morgan fingerprint density at radius 2 is 0.962 bits per heavy atom. The first-order valence-electron chi connectivity index (χ1n) is 7.34. The third-order valence-electron chi connectivity index (χ3n) is 3.09. The lowest BCUT2D eigenvalue weighted by atomic mass is 10.2. The van der Waals surface area contributed by atoms with Gasteiger partial charge in [0.15, 0.2) is 0 Å². The van der Waals surface area contributed by atoms with Crippen LogP contribution < -0.4 is 0 Å². The van der Waals surface area contributed by atoms with Crippen LogP contribution in [0.2, 0.25) is 0 Å². The summed E-state index contributed by atoms with van der Waals surface area (Å²) in [5.74, 6) is 1.02. The van der Waals surface area contributed by atoms with Crippen molar-refractivity contribution >= 4 is 41.2 Å². The number of benzene rings is 2. The van der Waals surface area contributed by atoms with Gasteiger partial charge in [-0.1, -0.05) is 46.6 Å². The Kier molecular flexibility index (Phi) is 5.85. The molecule has 4 aromatic rings. The molecule has 0 bridgehead atoms. The first kappa shape index (κ1) is 17.5. The summed E-state index contributed by atoms with van der Waals surface area (Å²) in [5, 5.41) is 17.2. The zero-order valence-corrected chi connectivity index (χ0v) is 16.3. The van der Waals surface area contributed by atoms with Crippen LogP contribution in [0.25, 0.3) is 22.9 Å². The summed E-state index contributed by atoms with van der Waals surface area (Å²) in [6.07, 6.45) is 0. The molecule has 130 valence electrons. The van der Waals surface area contributed by atoms with Crippen molar-refractivity contribution in [3.63, 3.8) is 0 Å². The fourth-order valence-corrected chi connectivity index (χ4v) is 6.48. The summed E-state index contributed by atoms with van der Waals surface area (Å²) >= 11 is 0. The van der Waals surface area contributed by atoms with Crippen LogP contribution in [0, 0.1) is 0 Å². The van der Waals surface area contributed by atoms with E-state index < -0.39 is 0 Å². The van der Waals surface area contributed by atoms with E-state index in [1.165, 1.54) is 41.2 Å². The average Bonchev–Trinajstić information content (AvgIpc) is 3.37. The van der Waals surface area contributed by atoms with Crippen LogP contribution in [-0.4, -0.2) is 20.4 Å². The standard InChI is InChI=1S/C16H10N4O2S4/c1-3-7-11(8-4-1)13-17-19-15(21-13)23-25-26-24-16-20-18-14(22-16)12-9-5-2-6-10-12/h1-10H. The highest BCUT2D eigenvalue weighted by atomic mass is 33.7. The molecule has 0 saturated heterocycles. The topological polar surface area (TPSA) is 77.8 Å². The summed E-state index contributed by atoms with van der Waals surface area (Å²) in [4.78, 5) is 0. The zero-order valence-electron chi connectivity index (χ0n) is 13.0. The predicted octanol–water partition coefficient (Wildman–Crippen LogP) is 5.88. The van der Waals surface area contributed by atoms with E-state index in [1.807, 2.05) is 60.7 Å². The molecule has 0 radical (unpaired) electrons. The van der Waals surface area contributed by atoms with Gasteiger partial charge in [-0.05, 0) is 43.9 Å². The molecule has 0 fully saturated rings. The molecule has 4 rings (SSSR count).